The van der Waals surface area contributed by atoms with Gasteiger partial charge in [0.1, 0.15) is 5.78 Å². The molecule has 0 aromatic heterocycles. The van der Waals surface area contributed by atoms with Gasteiger partial charge in [0.25, 0.3) is 0 Å². The molecule has 23 heavy (non-hydrogen) atoms. The third kappa shape index (κ3) is 5.28. The first-order valence-electron chi connectivity index (χ1n) is 8.84. The molecule has 1 saturated carbocycles. The van der Waals surface area contributed by atoms with Gasteiger partial charge in [-0.15, -0.1) is 0 Å². The van der Waals surface area contributed by atoms with Crippen molar-refractivity contribution in [1.82, 2.24) is 9.80 Å². The number of Topliss-reactive ketones (excluding diaryl/α,β-unsaturated/α-hetero) is 1. The maximum absolute atomic E-state index is 12.8. The number of likely N-dealkylation sites (tertiary alicyclic amines) is 1. The Labute approximate surface area is 140 Å². The summed E-state index contributed by atoms with van der Waals surface area (Å²) >= 11 is 0. The normalized spacial score (nSPS) is 22.7. The molecule has 1 aliphatic heterocycles. The second-order valence-electron chi connectivity index (χ2n) is 8.59. The molecule has 2 aliphatic rings. The third-order valence-corrected chi connectivity index (χ3v) is 4.96. The molecule has 1 amide bonds. The van der Waals surface area contributed by atoms with E-state index < -0.39 is 6.10 Å². The first-order chi connectivity index (χ1) is 10.7. The van der Waals surface area contributed by atoms with Crippen molar-refractivity contribution in [3.05, 3.63) is 0 Å². The Bertz CT molecular complexity index is 428. The molecule has 2 fully saturated rings. The van der Waals surface area contributed by atoms with Crippen LogP contribution in [0.5, 0.6) is 0 Å². The molecule has 1 N–H and O–H groups in total. The molecule has 1 saturated heterocycles. The Morgan fingerprint density at radius 2 is 1.87 bits per heavy atom. The average Bonchev–Trinajstić information content (AvgIpc) is 2.40. The van der Waals surface area contributed by atoms with Crippen LogP contribution in [0.25, 0.3) is 0 Å². The van der Waals surface area contributed by atoms with Crippen LogP contribution in [-0.4, -0.2) is 65.4 Å². The summed E-state index contributed by atoms with van der Waals surface area (Å²) in [7, 11) is 2.10. The van der Waals surface area contributed by atoms with Gasteiger partial charge in [0.2, 0.25) is 5.91 Å². The molecule has 1 aliphatic carbocycles. The lowest BCUT2D eigenvalue weighted by Gasteiger charge is -2.41. The first kappa shape index (κ1) is 18.4. The number of hydrogen-bond donors (Lipinski definition) is 1. The van der Waals surface area contributed by atoms with Gasteiger partial charge in [0.05, 0.1) is 12.0 Å². The highest BCUT2D eigenvalue weighted by Crippen LogP contribution is 2.29. The summed E-state index contributed by atoms with van der Waals surface area (Å²) in [6.45, 7) is 8.66. The zero-order valence-electron chi connectivity index (χ0n) is 15.0. The molecule has 0 radical (unpaired) electrons. The zero-order valence-corrected chi connectivity index (χ0v) is 15.0. The van der Waals surface area contributed by atoms with E-state index in [2.05, 4.69) is 32.7 Å². The second kappa shape index (κ2) is 7.31. The van der Waals surface area contributed by atoms with E-state index in [4.69, 9.17) is 0 Å². The predicted molar refractivity (Wildman–Crippen MR) is 90.0 cm³/mol. The van der Waals surface area contributed by atoms with Gasteiger partial charge in [-0.1, -0.05) is 20.8 Å². The fraction of sp³-hybridized carbons (Fsp3) is 0.889. The van der Waals surface area contributed by atoms with Crippen LogP contribution in [-0.2, 0) is 9.59 Å². The maximum Gasteiger partial charge on any atom is 0.226 e. The molecule has 0 aromatic carbocycles. The highest BCUT2D eigenvalue weighted by molar-refractivity contribution is 5.96. The number of hydrogen-bond acceptors (Lipinski definition) is 4. The molecule has 1 heterocycles. The van der Waals surface area contributed by atoms with Crippen LogP contribution in [0.3, 0.4) is 0 Å². The van der Waals surface area contributed by atoms with E-state index in [0.717, 1.165) is 25.9 Å². The number of nitrogens with zero attached hydrogens (tertiary/aromatic N) is 2. The number of aliphatic hydroxyl groups is 1. The van der Waals surface area contributed by atoms with Crippen molar-refractivity contribution in [3.63, 3.8) is 0 Å². The van der Waals surface area contributed by atoms with Gasteiger partial charge in [0, 0.05) is 25.4 Å². The van der Waals surface area contributed by atoms with Crippen molar-refractivity contribution in [2.45, 2.75) is 65.0 Å². The SMILES string of the molecule is CN1CCC(N(CC(O)CC(C)(C)C)C(=O)C2CC(=O)C2)CC1. The molecular weight excluding hydrogens is 292 g/mol. The molecule has 1 atom stereocenters. The monoisotopic (exact) mass is 324 g/mol. The summed E-state index contributed by atoms with van der Waals surface area (Å²) < 4.78 is 0. The fourth-order valence-corrected chi connectivity index (χ4v) is 3.62. The van der Waals surface area contributed by atoms with Crippen molar-refractivity contribution in [1.29, 1.82) is 0 Å². The minimum absolute atomic E-state index is 0.0351. The average molecular weight is 324 g/mol. The lowest BCUT2D eigenvalue weighted by Crippen LogP contribution is -2.53. The number of aliphatic hydroxyl groups excluding tert-OH is 1. The fourth-order valence-electron chi connectivity index (χ4n) is 3.62. The number of carbonyl (C=O) groups excluding carboxylic acids is 2. The van der Waals surface area contributed by atoms with Gasteiger partial charge >= 0.3 is 0 Å². The molecule has 0 bridgehead atoms. The molecule has 132 valence electrons. The van der Waals surface area contributed by atoms with Crippen LogP contribution in [0.4, 0.5) is 0 Å². The van der Waals surface area contributed by atoms with E-state index in [1.54, 1.807) is 0 Å². The van der Waals surface area contributed by atoms with E-state index in [1.165, 1.54) is 0 Å². The van der Waals surface area contributed by atoms with Crippen molar-refractivity contribution in [3.8, 4) is 0 Å². The molecule has 1 unspecified atom stereocenters. The number of carbonyl (C=O) groups is 2. The third-order valence-electron chi connectivity index (χ3n) is 4.96. The number of rotatable bonds is 5. The zero-order chi connectivity index (χ0) is 17.2. The summed E-state index contributed by atoms with van der Waals surface area (Å²) in [6.07, 6.45) is 2.84. The van der Waals surface area contributed by atoms with Crippen molar-refractivity contribution in [2.75, 3.05) is 26.7 Å². The molecular formula is C18H32N2O3. The Hall–Kier alpha value is -0.940. The smallest absolute Gasteiger partial charge is 0.226 e. The van der Waals surface area contributed by atoms with E-state index in [-0.39, 0.29) is 29.1 Å². The summed E-state index contributed by atoms with van der Waals surface area (Å²) in [6, 6.07) is 0.198. The van der Waals surface area contributed by atoms with Crippen LogP contribution in [0, 0.1) is 11.3 Å². The van der Waals surface area contributed by atoms with Crippen LogP contribution >= 0.6 is 0 Å². The second-order valence-corrected chi connectivity index (χ2v) is 8.59. The molecule has 5 nitrogen and oxygen atoms in total. The summed E-state index contributed by atoms with van der Waals surface area (Å²) in [4.78, 5) is 28.2. The molecule has 2 rings (SSSR count). The van der Waals surface area contributed by atoms with Crippen LogP contribution < -0.4 is 0 Å². The van der Waals surface area contributed by atoms with Crippen LogP contribution in [0.2, 0.25) is 0 Å². The van der Waals surface area contributed by atoms with E-state index in [0.29, 0.717) is 25.8 Å². The Kier molecular flexibility index (Phi) is 5.84. The Morgan fingerprint density at radius 1 is 1.30 bits per heavy atom. The Morgan fingerprint density at radius 3 is 2.35 bits per heavy atom. The van der Waals surface area contributed by atoms with Crippen molar-refractivity contribution >= 4 is 11.7 Å². The van der Waals surface area contributed by atoms with Gasteiger partial charge in [-0.3, -0.25) is 9.59 Å². The summed E-state index contributed by atoms with van der Waals surface area (Å²) in [5.41, 5.74) is 0.0351. The number of ketones is 1. The molecule has 0 aromatic rings. The van der Waals surface area contributed by atoms with Crippen molar-refractivity contribution in [2.24, 2.45) is 11.3 Å². The predicted octanol–water partition coefficient (Wildman–Crippen LogP) is 1.69. The minimum Gasteiger partial charge on any atom is -0.391 e. The number of amides is 1. The van der Waals surface area contributed by atoms with E-state index in [1.807, 2.05) is 4.90 Å². The largest absolute Gasteiger partial charge is 0.391 e. The maximum atomic E-state index is 12.8. The standard InChI is InChI=1S/C18H32N2O3/c1-18(2,3)11-16(22)12-20(14-5-7-19(4)8-6-14)17(23)13-9-15(21)10-13/h13-14,16,22H,5-12H2,1-4H3. The minimum atomic E-state index is -0.505. The molecule has 0 spiro atoms. The lowest BCUT2D eigenvalue weighted by atomic mass is 9.82. The van der Waals surface area contributed by atoms with Crippen LogP contribution in [0.1, 0.15) is 52.9 Å². The first-order valence-corrected chi connectivity index (χ1v) is 8.84. The van der Waals surface area contributed by atoms with Gasteiger partial charge < -0.3 is 14.9 Å². The number of piperidine rings is 1. The topological polar surface area (TPSA) is 60.9 Å². The van der Waals surface area contributed by atoms with Gasteiger partial charge in [0.15, 0.2) is 0 Å². The highest BCUT2D eigenvalue weighted by atomic mass is 16.3. The van der Waals surface area contributed by atoms with E-state index >= 15 is 0 Å². The Balaban J connectivity index is 2.01. The van der Waals surface area contributed by atoms with Crippen molar-refractivity contribution < 1.29 is 14.7 Å². The molecule has 5 heteroatoms. The van der Waals surface area contributed by atoms with Gasteiger partial charge in [-0.2, -0.15) is 0 Å². The van der Waals surface area contributed by atoms with Crippen LogP contribution in [0.15, 0.2) is 0 Å². The summed E-state index contributed by atoms with van der Waals surface area (Å²) in [5.74, 6) is 0.109. The summed E-state index contributed by atoms with van der Waals surface area (Å²) in [5, 5.41) is 10.4. The van der Waals surface area contributed by atoms with Gasteiger partial charge in [-0.05, 0) is 44.8 Å². The van der Waals surface area contributed by atoms with Gasteiger partial charge in [-0.25, -0.2) is 0 Å². The van der Waals surface area contributed by atoms with E-state index in [9.17, 15) is 14.7 Å². The quantitative estimate of drug-likeness (QED) is 0.836. The highest BCUT2D eigenvalue weighted by Gasteiger charge is 2.39. The lowest BCUT2D eigenvalue weighted by molar-refractivity contribution is -0.149.